The van der Waals surface area contributed by atoms with Crippen LogP contribution in [0.3, 0.4) is 0 Å². The molecule has 20 heavy (non-hydrogen) atoms. The highest BCUT2D eigenvalue weighted by molar-refractivity contribution is 5.87. The van der Waals surface area contributed by atoms with Gasteiger partial charge in [-0.1, -0.05) is 0 Å². The van der Waals surface area contributed by atoms with Crippen molar-refractivity contribution in [3.8, 4) is 0 Å². The first-order valence-electron chi connectivity index (χ1n) is 5.75. The number of halogens is 3. The Morgan fingerprint density at radius 1 is 1.45 bits per heavy atom. The second-order valence-electron chi connectivity index (χ2n) is 3.98. The number of alkyl halides is 3. The van der Waals surface area contributed by atoms with Gasteiger partial charge in [-0.25, -0.2) is 0 Å². The molecule has 0 saturated heterocycles. The summed E-state index contributed by atoms with van der Waals surface area (Å²) in [5.74, 6) is -0.814. The summed E-state index contributed by atoms with van der Waals surface area (Å²) in [5, 5.41) is 16.3. The Labute approximate surface area is 113 Å². The summed E-state index contributed by atoms with van der Waals surface area (Å²) in [4.78, 5) is 11.0. The zero-order valence-corrected chi connectivity index (χ0v) is 10.7. The molecule has 0 aliphatic heterocycles. The molecule has 0 bridgehead atoms. The maximum atomic E-state index is 11.8. The van der Waals surface area contributed by atoms with Gasteiger partial charge in [0.1, 0.15) is 0 Å². The molecule has 1 aromatic rings. The van der Waals surface area contributed by atoms with E-state index in [1.807, 2.05) is 0 Å². The maximum absolute atomic E-state index is 11.8. The molecule has 0 aromatic carbocycles. The quantitative estimate of drug-likeness (QED) is 0.371. The van der Waals surface area contributed by atoms with Crippen LogP contribution >= 0.6 is 0 Å². The Morgan fingerprint density at radius 2 is 2.15 bits per heavy atom. The third-order valence-electron chi connectivity index (χ3n) is 2.28. The Morgan fingerprint density at radius 3 is 2.75 bits per heavy atom. The van der Waals surface area contributed by atoms with E-state index < -0.39 is 12.1 Å². The van der Waals surface area contributed by atoms with Crippen LogP contribution < -0.4 is 15.4 Å². The van der Waals surface area contributed by atoms with Crippen molar-refractivity contribution >= 4 is 11.6 Å². The molecule has 1 rings (SSSR count). The number of hydrogen-bond acceptors (Lipinski definition) is 3. The predicted molar refractivity (Wildman–Crippen MR) is 66.8 cm³/mol. The van der Waals surface area contributed by atoms with Crippen molar-refractivity contribution < 1.29 is 22.7 Å². The van der Waals surface area contributed by atoms with E-state index in [2.05, 4.69) is 10.6 Å². The number of amides is 1. The molecule has 1 aromatic heterocycles. The van der Waals surface area contributed by atoms with Gasteiger partial charge in [0, 0.05) is 50.0 Å². The summed E-state index contributed by atoms with van der Waals surface area (Å²) in [6.07, 6.45) is -2.84. The van der Waals surface area contributed by atoms with Gasteiger partial charge < -0.3 is 15.8 Å². The zero-order valence-electron chi connectivity index (χ0n) is 10.7. The summed E-state index contributed by atoms with van der Waals surface area (Å²) < 4.78 is 36.1. The van der Waals surface area contributed by atoms with Gasteiger partial charge >= 0.3 is 6.18 Å². The van der Waals surface area contributed by atoms with Gasteiger partial charge in [0.25, 0.3) is 0 Å². The number of pyridine rings is 1. The Balaban J connectivity index is 2.30. The number of nitrogens with zero attached hydrogens (tertiary/aromatic N) is 1. The topological polar surface area (TPSA) is 68.1 Å². The Hall–Kier alpha value is -2.25. The first-order chi connectivity index (χ1) is 9.28. The van der Waals surface area contributed by atoms with E-state index in [-0.39, 0.29) is 12.6 Å². The molecule has 5 nitrogen and oxygen atoms in total. The van der Waals surface area contributed by atoms with E-state index in [0.29, 0.717) is 28.7 Å². The van der Waals surface area contributed by atoms with Crippen molar-refractivity contribution in [3.63, 3.8) is 0 Å². The van der Waals surface area contributed by atoms with E-state index >= 15 is 0 Å². The molecule has 0 atom stereocenters. The van der Waals surface area contributed by atoms with Crippen molar-refractivity contribution in [1.29, 1.82) is 0 Å². The highest BCUT2D eigenvalue weighted by Crippen LogP contribution is 2.15. The Kier molecular flexibility index (Phi) is 5.36. The van der Waals surface area contributed by atoms with Gasteiger partial charge in [-0.05, 0) is 0 Å². The van der Waals surface area contributed by atoms with E-state index in [1.54, 1.807) is 19.1 Å². The van der Waals surface area contributed by atoms with Crippen LogP contribution in [0, 0.1) is 12.1 Å². The minimum atomic E-state index is -4.50. The highest BCUT2D eigenvalue weighted by atomic mass is 19.4. The molecule has 1 heterocycles. The zero-order chi connectivity index (χ0) is 15.2. The SMILES string of the molecule is Cc1cc(NCCNC(=O)/C=C/C(F)(F)F)cc[n+]1[O-]. The molecular formula is C12H14F3N3O2. The Bertz CT molecular complexity index is 501. The number of rotatable bonds is 5. The highest BCUT2D eigenvalue weighted by Gasteiger charge is 2.22. The normalized spacial score (nSPS) is 11.6. The van der Waals surface area contributed by atoms with E-state index in [0.717, 1.165) is 0 Å². The lowest BCUT2D eigenvalue weighted by atomic mass is 10.3. The minimum Gasteiger partial charge on any atom is -0.619 e. The van der Waals surface area contributed by atoms with Gasteiger partial charge in [-0.3, -0.25) is 4.79 Å². The molecule has 110 valence electrons. The molecular weight excluding hydrogens is 275 g/mol. The monoisotopic (exact) mass is 289 g/mol. The van der Waals surface area contributed by atoms with Crippen molar-refractivity contribution in [1.82, 2.24) is 5.32 Å². The largest absolute Gasteiger partial charge is 0.619 e. The molecule has 0 aliphatic rings. The molecule has 0 spiro atoms. The van der Waals surface area contributed by atoms with Crippen LogP contribution in [-0.2, 0) is 4.79 Å². The number of hydrogen-bond donors (Lipinski definition) is 2. The summed E-state index contributed by atoms with van der Waals surface area (Å²) in [6, 6.07) is 3.18. The first-order valence-corrected chi connectivity index (χ1v) is 5.75. The number of aromatic nitrogens is 1. The van der Waals surface area contributed by atoms with Crippen molar-refractivity contribution in [2.24, 2.45) is 0 Å². The fourth-order valence-electron chi connectivity index (χ4n) is 1.33. The fourth-order valence-corrected chi connectivity index (χ4v) is 1.33. The standard InChI is InChI=1S/C12H14F3N3O2/c1-9-8-10(3-7-18(9)20)16-5-6-17-11(19)2-4-12(13,14)15/h2-4,7-8,16H,5-6H2,1H3,(H,17,19)/b4-2+. The summed E-state index contributed by atoms with van der Waals surface area (Å²) in [7, 11) is 0. The fraction of sp³-hybridized carbons (Fsp3) is 0.333. The van der Waals surface area contributed by atoms with Crippen LogP contribution in [0.1, 0.15) is 5.69 Å². The van der Waals surface area contributed by atoms with Crippen molar-refractivity contribution in [2.75, 3.05) is 18.4 Å². The van der Waals surface area contributed by atoms with Gasteiger partial charge in [0.15, 0.2) is 11.9 Å². The van der Waals surface area contributed by atoms with Gasteiger partial charge in [-0.15, -0.1) is 0 Å². The average Bonchev–Trinajstić information content (AvgIpc) is 2.35. The third kappa shape index (κ3) is 6.07. The average molecular weight is 289 g/mol. The summed E-state index contributed by atoms with van der Waals surface area (Å²) in [5.41, 5.74) is 1.20. The van der Waals surface area contributed by atoms with Gasteiger partial charge in [-0.2, -0.15) is 17.9 Å². The lowest BCUT2D eigenvalue weighted by molar-refractivity contribution is -0.612. The molecule has 2 N–H and O–H groups in total. The maximum Gasteiger partial charge on any atom is 0.409 e. The van der Waals surface area contributed by atoms with E-state index in [9.17, 15) is 23.2 Å². The molecule has 0 radical (unpaired) electrons. The summed E-state index contributed by atoms with van der Waals surface area (Å²) >= 11 is 0. The van der Waals surface area contributed by atoms with Crippen LogP contribution in [0.2, 0.25) is 0 Å². The van der Waals surface area contributed by atoms with Crippen LogP contribution in [0.25, 0.3) is 0 Å². The minimum absolute atomic E-state index is 0.122. The van der Waals surface area contributed by atoms with Gasteiger partial charge in [0.2, 0.25) is 5.91 Å². The molecule has 0 unspecified atom stereocenters. The van der Waals surface area contributed by atoms with Gasteiger partial charge in [0.05, 0.1) is 0 Å². The van der Waals surface area contributed by atoms with Crippen LogP contribution in [-0.4, -0.2) is 25.2 Å². The lowest BCUT2D eigenvalue weighted by Crippen LogP contribution is -2.30. The number of anilines is 1. The molecule has 1 amide bonds. The van der Waals surface area contributed by atoms with E-state index in [4.69, 9.17) is 0 Å². The smallest absolute Gasteiger partial charge is 0.409 e. The summed E-state index contributed by atoms with van der Waals surface area (Å²) in [6.45, 7) is 2.13. The van der Waals surface area contributed by atoms with Crippen molar-refractivity contribution in [3.05, 3.63) is 41.4 Å². The lowest BCUT2D eigenvalue weighted by Gasteiger charge is -2.08. The number of nitrogens with one attached hydrogen (secondary N) is 2. The molecule has 0 fully saturated rings. The number of carbonyl (C=O) groups excluding carboxylic acids is 1. The van der Waals surface area contributed by atoms with E-state index in [1.165, 1.54) is 6.20 Å². The molecule has 0 aliphatic carbocycles. The number of aryl methyl sites for hydroxylation is 1. The second-order valence-corrected chi connectivity index (χ2v) is 3.98. The second kappa shape index (κ2) is 6.78. The predicted octanol–water partition coefficient (Wildman–Crippen LogP) is 1.28. The molecule has 8 heteroatoms. The van der Waals surface area contributed by atoms with Crippen molar-refractivity contribution in [2.45, 2.75) is 13.1 Å². The van der Waals surface area contributed by atoms with Crippen LogP contribution in [0.5, 0.6) is 0 Å². The van der Waals surface area contributed by atoms with Crippen LogP contribution in [0.4, 0.5) is 18.9 Å². The number of carbonyl (C=O) groups is 1. The first kappa shape index (κ1) is 15.8. The number of allylic oxidation sites excluding steroid dienone is 1. The molecule has 0 saturated carbocycles. The third-order valence-corrected chi connectivity index (χ3v) is 2.28. The van der Waals surface area contributed by atoms with Crippen LogP contribution in [0.15, 0.2) is 30.5 Å².